The number of halogens is 1. The number of hydrogen-bond donors (Lipinski definition) is 2. The van der Waals surface area contributed by atoms with Gasteiger partial charge in [0.2, 0.25) is 0 Å². The monoisotopic (exact) mass is 280 g/mol. The Morgan fingerprint density at radius 2 is 2.00 bits per heavy atom. The van der Waals surface area contributed by atoms with Crippen molar-refractivity contribution in [3.05, 3.63) is 0 Å². The lowest BCUT2D eigenvalue weighted by molar-refractivity contribution is -0.0839. The van der Waals surface area contributed by atoms with Crippen LogP contribution in [0.25, 0.3) is 0 Å². The highest BCUT2D eigenvalue weighted by Gasteiger charge is 2.28. The van der Waals surface area contributed by atoms with Crippen molar-refractivity contribution in [2.24, 2.45) is 0 Å². The molecule has 1 rings (SSSR count). The summed E-state index contributed by atoms with van der Waals surface area (Å²) in [5.41, 5.74) is 0. The molecule has 0 aromatic heterocycles. The van der Waals surface area contributed by atoms with Gasteiger partial charge in [-0.25, -0.2) is 0 Å². The predicted octanol–water partition coefficient (Wildman–Crippen LogP) is 1.84. The third-order valence-corrected chi connectivity index (χ3v) is 4.20. The topological polar surface area (TPSA) is 49.7 Å². The number of alkyl halides is 1. The molecule has 3 nitrogen and oxygen atoms in total. The minimum Gasteiger partial charge on any atom is -0.390 e. The Hall–Kier alpha value is 0.360. The lowest BCUT2D eigenvalue weighted by Gasteiger charge is -2.32. The smallest absolute Gasteiger partial charge is 0.0823 e. The molecule has 1 aliphatic heterocycles. The van der Waals surface area contributed by atoms with Crippen LogP contribution in [0.15, 0.2) is 0 Å². The maximum atomic E-state index is 9.65. The van der Waals surface area contributed by atoms with Crippen molar-refractivity contribution in [3.8, 4) is 0 Å². The summed E-state index contributed by atoms with van der Waals surface area (Å²) in [4.78, 5) is 0.336. The molecule has 1 heterocycles. The fourth-order valence-electron chi connectivity index (χ4n) is 1.98. The Balaban J connectivity index is 2.55. The lowest BCUT2D eigenvalue weighted by atomic mass is 9.97. The quantitative estimate of drug-likeness (QED) is 0.759. The van der Waals surface area contributed by atoms with Crippen LogP contribution in [0.4, 0.5) is 0 Å². The zero-order valence-corrected chi connectivity index (χ0v) is 11.0. The molecule has 2 N–H and O–H groups in total. The molecule has 0 radical (unpaired) electrons. The molecule has 0 saturated carbocycles. The Labute approximate surface area is 100.0 Å². The molecule has 4 heteroatoms. The van der Waals surface area contributed by atoms with Crippen LogP contribution in [-0.2, 0) is 4.74 Å². The van der Waals surface area contributed by atoms with Crippen LogP contribution >= 0.6 is 15.9 Å². The van der Waals surface area contributed by atoms with E-state index in [1.807, 2.05) is 6.92 Å². The van der Waals surface area contributed by atoms with Crippen LogP contribution in [0, 0.1) is 0 Å². The van der Waals surface area contributed by atoms with E-state index in [9.17, 15) is 10.2 Å². The minimum absolute atomic E-state index is 0.00606. The van der Waals surface area contributed by atoms with Crippen molar-refractivity contribution in [1.29, 1.82) is 0 Å². The van der Waals surface area contributed by atoms with Gasteiger partial charge in [-0.2, -0.15) is 0 Å². The number of hydrogen-bond acceptors (Lipinski definition) is 3. The molecule has 0 spiro atoms. The van der Waals surface area contributed by atoms with Gasteiger partial charge in [0, 0.05) is 11.2 Å². The van der Waals surface area contributed by atoms with E-state index in [1.165, 1.54) is 0 Å². The highest BCUT2D eigenvalue weighted by atomic mass is 79.9. The second kappa shape index (κ2) is 6.18. The summed E-state index contributed by atoms with van der Waals surface area (Å²) in [5.74, 6) is 0. The molecule has 1 aliphatic rings. The number of aliphatic hydroxyl groups excluding tert-OH is 2. The fourth-order valence-corrected chi connectivity index (χ4v) is 2.36. The van der Waals surface area contributed by atoms with E-state index in [0.29, 0.717) is 17.7 Å². The highest BCUT2D eigenvalue weighted by Crippen LogP contribution is 2.25. The summed E-state index contributed by atoms with van der Waals surface area (Å²) in [6, 6.07) is 0. The molecule has 0 amide bonds. The summed E-state index contributed by atoms with van der Waals surface area (Å²) in [6.45, 7) is 4.06. The first-order chi connectivity index (χ1) is 7.04. The van der Waals surface area contributed by atoms with Crippen molar-refractivity contribution >= 4 is 15.9 Å². The maximum absolute atomic E-state index is 9.65. The molecule has 0 aliphatic carbocycles. The average Bonchev–Trinajstić information content (AvgIpc) is 2.20. The van der Waals surface area contributed by atoms with Gasteiger partial charge in [-0.15, -0.1) is 0 Å². The van der Waals surface area contributed by atoms with Gasteiger partial charge in [0.1, 0.15) is 0 Å². The van der Waals surface area contributed by atoms with Crippen molar-refractivity contribution < 1.29 is 14.9 Å². The lowest BCUT2D eigenvalue weighted by Crippen LogP contribution is -2.38. The molecule has 5 atom stereocenters. The second-order valence-corrected chi connectivity index (χ2v) is 5.53. The SMILES string of the molecule is CCC(Br)C1CCC(O)C(O)CC(C)O1. The molecule has 15 heavy (non-hydrogen) atoms. The molecule has 0 aromatic rings. The molecule has 1 fully saturated rings. The zero-order chi connectivity index (χ0) is 11.4. The molecule has 90 valence electrons. The Morgan fingerprint density at radius 1 is 1.33 bits per heavy atom. The molecule has 5 unspecified atom stereocenters. The van der Waals surface area contributed by atoms with Crippen LogP contribution in [-0.4, -0.2) is 39.5 Å². The number of aliphatic hydroxyl groups is 2. The van der Waals surface area contributed by atoms with Crippen LogP contribution in [0.2, 0.25) is 0 Å². The van der Waals surface area contributed by atoms with Crippen molar-refractivity contribution in [3.63, 3.8) is 0 Å². The van der Waals surface area contributed by atoms with Gasteiger partial charge in [-0.3, -0.25) is 0 Å². The van der Waals surface area contributed by atoms with Gasteiger partial charge < -0.3 is 14.9 Å². The van der Waals surface area contributed by atoms with E-state index in [2.05, 4.69) is 22.9 Å². The van der Waals surface area contributed by atoms with E-state index in [-0.39, 0.29) is 12.2 Å². The summed E-state index contributed by atoms with van der Waals surface area (Å²) in [5, 5.41) is 19.2. The zero-order valence-electron chi connectivity index (χ0n) is 9.40. The third-order valence-electron chi connectivity index (χ3n) is 2.97. The average molecular weight is 281 g/mol. The van der Waals surface area contributed by atoms with Crippen LogP contribution in [0.3, 0.4) is 0 Å². The van der Waals surface area contributed by atoms with Crippen molar-refractivity contribution in [1.82, 2.24) is 0 Å². The van der Waals surface area contributed by atoms with Crippen LogP contribution in [0.1, 0.15) is 39.5 Å². The highest BCUT2D eigenvalue weighted by molar-refractivity contribution is 9.09. The van der Waals surface area contributed by atoms with Crippen molar-refractivity contribution in [2.45, 2.75) is 68.8 Å². The summed E-state index contributed by atoms with van der Waals surface area (Å²) >= 11 is 3.59. The standard InChI is InChI=1S/C11H21BrO3/c1-3-8(12)11-5-4-9(13)10(14)6-7(2)15-11/h7-11,13-14H,3-6H2,1-2H3. The summed E-state index contributed by atoms with van der Waals surface area (Å²) in [7, 11) is 0. The van der Waals surface area contributed by atoms with E-state index >= 15 is 0 Å². The van der Waals surface area contributed by atoms with Gasteiger partial charge in [0.25, 0.3) is 0 Å². The van der Waals surface area contributed by atoms with Gasteiger partial charge in [-0.1, -0.05) is 22.9 Å². The molecule has 0 bridgehead atoms. The molecule has 1 saturated heterocycles. The Morgan fingerprint density at radius 3 is 2.60 bits per heavy atom. The molecule has 0 aromatic carbocycles. The van der Waals surface area contributed by atoms with Crippen LogP contribution in [0.5, 0.6) is 0 Å². The molecular weight excluding hydrogens is 260 g/mol. The van der Waals surface area contributed by atoms with E-state index < -0.39 is 12.2 Å². The summed E-state index contributed by atoms with van der Waals surface area (Å²) < 4.78 is 5.84. The second-order valence-electron chi connectivity index (χ2n) is 4.36. The minimum atomic E-state index is -0.642. The normalized spacial score (nSPS) is 40.6. The number of rotatable bonds is 2. The van der Waals surface area contributed by atoms with Crippen molar-refractivity contribution in [2.75, 3.05) is 0 Å². The first-order valence-electron chi connectivity index (χ1n) is 5.70. The fraction of sp³-hybridized carbons (Fsp3) is 1.00. The largest absolute Gasteiger partial charge is 0.390 e. The first kappa shape index (κ1) is 13.4. The van der Waals surface area contributed by atoms with Gasteiger partial charge in [0.15, 0.2) is 0 Å². The third kappa shape index (κ3) is 4.02. The van der Waals surface area contributed by atoms with Gasteiger partial charge >= 0.3 is 0 Å². The molecular formula is C11H21BrO3. The summed E-state index contributed by atoms with van der Waals surface area (Å²) in [6.07, 6.45) is 1.84. The first-order valence-corrected chi connectivity index (χ1v) is 6.61. The van der Waals surface area contributed by atoms with Crippen LogP contribution < -0.4 is 0 Å². The van der Waals surface area contributed by atoms with Gasteiger partial charge in [0.05, 0.1) is 24.4 Å². The number of ether oxygens (including phenoxy) is 1. The van der Waals surface area contributed by atoms with E-state index in [1.54, 1.807) is 0 Å². The van der Waals surface area contributed by atoms with Gasteiger partial charge in [-0.05, 0) is 26.2 Å². The predicted molar refractivity (Wildman–Crippen MR) is 63.2 cm³/mol. The van der Waals surface area contributed by atoms with E-state index in [4.69, 9.17) is 4.74 Å². The maximum Gasteiger partial charge on any atom is 0.0823 e. The Bertz CT molecular complexity index is 189. The van der Waals surface area contributed by atoms with E-state index in [0.717, 1.165) is 12.8 Å². The Kier molecular flexibility index (Phi) is 5.53.